The second kappa shape index (κ2) is 9.77. The highest BCUT2D eigenvalue weighted by atomic mass is 16.5. The van der Waals surface area contributed by atoms with E-state index >= 15 is 0 Å². The van der Waals surface area contributed by atoms with E-state index in [2.05, 4.69) is 0 Å². The molecule has 0 saturated carbocycles. The van der Waals surface area contributed by atoms with Gasteiger partial charge >= 0.3 is 0 Å². The first-order chi connectivity index (χ1) is 16.0. The molecule has 6 nitrogen and oxygen atoms in total. The van der Waals surface area contributed by atoms with Crippen LogP contribution in [0.5, 0.6) is 11.5 Å². The van der Waals surface area contributed by atoms with Crippen molar-refractivity contribution in [2.24, 2.45) is 0 Å². The maximum Gasteiger partial charge on any atom is 0.253 e. The Bertz CT molecular complexity index is 1100. The van der Waals surface area contributed by atoms with Crippen LogP contribution in [0.15, 0.2) is 72.8 Å². The van der Waals surface area contributed by atoms with Crippen LogP contribution in [0.2, 0.25) is 0 Å². The number of piperidine rings is 1. The van der Waals surface area contributed by atoms with Gasteiger partial charge in [0.1, 0.15) is 11.5 Å². The second-order valence-corrected chi connectivity index (χ2v) is 8.29. The van der Waals surface area contributed by atoms with Gasteiger partial charge in [-0.3, -0.25) is 9.59 Å². The van der Waals surface area contributed by atoms with Crippen LogP contribution in [0, 0.1) is 0 Å². The molecule has 0 atom stereocenters. The normalized spacial score (nSPS) is 14.1. The fourth-order valence-electron chi connectivity index (χ4n) is 4.20. The van der Waals surface area contributed by atoms with Crippen molar-refractivity contribution in [3.8, 4) is 22.6 Å². The number of carbonyl (C=O) groups is 2. The van der Waals surface area contributed by atoms with Crippen molar-refractivity contribution in [2.45, 2.75) is 18.9 Å². The van der Waals surface area contributed by atoms with Gasteiger partial charge in [0.25, 0.3) is 11.8 Å². The Morgan fingerprint density at radius 3 is 1.91 bits per heavy atom. The number of phenolic OH excluding ortho intramolecular Hbond substituents is 1. The van der Waals surface area contributed by atoms with Crippen molar-refractivity contribution in [3.05, 3.63) is 83.9 Å². The third-order valence-corrected chi connectivity index (χ3v) is 6.29. The zero-order valence-corrected chi connectivity index (χ0v) is 18.9. The number of aromatic hydroxyl groups is 1. The minimum atomic E-state index is -0.0211. The van der Waals surface area contributed by atoms with Crippen LogP contribution in [-0.2, 0) is 0 Å². The van der Waals surface area contributed by atoms with Crippen LogP contribution in [-0.4, -0.2) is 60.0 Å². The van der Waals surface area contributed by atoms with Gasteiger partial charge in [0.2, 0.25) is 0 Å². The summed E-state index contributed by atoms with van der Waals surface area (Å²) >= 11 is 0. The molecule has 1 aliphatic rings. The molecular weight excluding hydrogens is 416 g/mol. The van der Waals surface area contributed by atoms with Crippen LogP contribution >= 0.6 is 0 Å². The molecule has 0 radical (unpaired) electrons. The number of benzene rings is 3. The Morgan fingerprint density at radius 2 is 1.36 bits per heavy atom. The second-order valence-electron chi connectivity index (χ2n) is 8.29. The molecule has 1 heterocycles. The summed E-state index contributed by atoms with van der Waals surface area (Å²) in [5, 5.41) is 9.45. The van der Waals surface area contributed by atoms with Crippen molar-refractivity contribution >= 4 is 11.8 Å². The third-order valence-electron chi connectivity index (χ3n) is 6.29. The van der Waals surface area contributed by atoms with E-state index in [1.807, 2.05) is 48.3 Å². The predicted octanol–water partition coefficient (Wildman–Crippen LogP) is 4.44. The molecule has 1 aliphatic heterocycles. The number of amides is 2. The average Bonchev–Trinajstić information content (AvgIpc) is 2.88. The first kappa shape index (κ1) is 22.4. The van der Waals surface area contributed by atoms with E-state index in [9.17, 15) is 14.7 Å². The Hall–Kier alpha value is -3.80. The molecule has 0 aromatic heterocycles. The lowest BCUT2D eigenvalue weighted by atomic mass is 10.0. The zero-order valence-electron chi connectivity index (χ0n) is 18.9. The topological polar surface area (TPSA) is 70.1 Å². The summed E-state index contributed by atoms with van der Waals surface area (Å²) in [7, 11) is 3.43. The molecule has 3 aromatic rings. The van der Waals surface area contributed by atoms with E-state index in [0.29, 0.717) is 24.2 Å². The van der Waals surface area contributed by atoms with Crippen molar-refractivity contribution in [1.29, 1.82) is 0 Å². The molecule has 0 spiro atoms. The number of rotatable bonds is 5. The number of likely N-dealkylation sites (tertiary alicyclic amines) is 1. The Morgan fingerprint density at radius 1 is 0.848 bits per heavy atom. The number of hydrogen-bond donors (Lipinski definition) is 1. The van der Waals surface area contributed by atoms with Crippen molar-refractivity contribution in [2.75, 3.05) is 27.2 Å². The molecule has 4 rings (SSSR count). The van der Waals surface area contributed by atoms with Crippen LogP contribution in [0.4, 0.5) is 0 Å². The highest BCUT2D eigenvalue weighted by Crippen LogP contribution is 2.24. The maximum absolute atomic E-state index is 13.0. The molecule has 6 heteroatoms. The molecule has 1 fully saturated rings. The molecule has 2 amide bonds. The van der Waals surface area contributed by atoms with E-state index in [-0.39, 0.29) is 23.6 Å². The Kier molecular flexibility index (Phi) is 6.63. The third kappa shape index (κ3) is 5.00. The number of methoxy groups -OCH3 is 1. The molecule has 1 N–H and O–H groups in total. The van der Waals surface area contributed by atoms with Crippen molar-refractivity contribution in [3.63, 3.8) is 0 Å². The molecule has 0 unspecified atom stereocenters. The highest BCUT2D eigenvalue weighted by molar-refractivity contribution is 5.95. The summed E-state index contributed by atoms with van der Waals surface area (Å²) in [6.07, 6.45) is 1.49. The van der Waals surface area contributed by atoms with Gasteiger partial charge < -0.3 is 19.6 Å². The Labute approximate surface area is 194 Å². The minimum Gasteiger partial charge on any atom is -0.508 e. The number of phenols is 1. The number of carbonyl (C=O) groups excluding carboxylic acids is 2. The van der Waals surface area contributed by atoms with Crippen LogP contribution in [0.25, 0.3) is 11.1 Å². The van der Waals surface area contributed by atoms with E-state index < -0.39 is 0 Å². The first-order valence-corrected chi connectivity index (χ1v) is 11.1. The van der Waals surface area contributed by atoms with Gasteiger partial charge in [-0.05, 0) is 72.5 Å². The number of nitrogens with zero attached hydrogens (tertiary/aromatic N) is 2. The molecule has 33 heavy (non-hydrogen) atoms. The summed E-state index contributed by atoms with van der Waals surface area (Å²) in [4.78, 5) is 29.5. The maximum atomic E-state index is 13.0. The summed E-state index contributed by atoms with van der Waals surface area (Å²) in [6, 6.07) is 21.7. The summed E-state index contributed by atoms with van der Waals surface area (Å²) in [5.41, 5.74) is 3.25. The molecule has 170 valence electrons. The molecular formula is C27H28N2O4. The largest absolute Gasteiger partial charge is 0.508 e. The molecule has 1 saturated heterocycles. The van der Waals surface area contributed by atoms with Gasteiger partial charge in [-0.15, -0.1) is 0 Å². The lowest BCUT2D eigenvalue weighted by Crippen LogP contribution is -2.47. The summed E-state index contributed by atoms with van der Waals surface area (Å²) in [5.74, 6) is 0.935. The lowest BCUT2D eigenvalue weighted by Gasteiger charge is -2.37. The van der Waals surface area contributed by atoms with Crippen LogP contribution in [0.3, 0.4) is 0 Å². The van der Waals surface area contributed by atoms with E-state index in [0.717, 1.165) is 29.7 Å². The first-order valence-electron chi connectivity index (χ1n) is 11.1. The fourth-order valence-corrected chi connectivity index (χ4v) is 4.20. The van der Waals surface area contributed by atoms with Crippen LogP contribution in [0.1, 0.15) is 33.6 Å². The summed E-state index contributed by atoms with van der Waals surface area (Å²) < 4.78 is 5.16. The molecule has 0 aliphatic carbocycles. The number of hydrogen-bond acceptors (Lipinski definition) is 4. The quantitative estimate of drug-likeness (QED) is 0.632. The van der Waals surface area contributed by atoms with Crippen molar-refractivity contribution < 1.29 is 19.4 Å². The van der Waals surface area contributed by atoms with E-state index in [1.165, 1.54) is 0 Å². The van der Waals surface area contributed by atoms with E-state index in [4.69, 9.17) is 4.74 Å². The number of ether oxygens (including phenoxy) is 1. The zero-order chi connectivity index (χ0) is 23.4. The smallest absolute Gasteiger partial charge is 0.253 e. The van der Waals surface area contributed by atoms with Gasteiger partial charge in [-0.1, -0.05) is 24.3 Å². The molecule has 0 bridgehead atoms. The Balaban J connectivity index is 1.34. The van der Waals surface area contributed by atoms with Gasteiger partial charge in [-0.2, -0.15) is 0 Å². The minimum absolute atomic E-state index is 0.00911. The molecule has 3 aromatic carbocycles. The van der Waals surface area contributed by atoms with Gasteiger partial charge in [0.05, 0.1) is 7.11 Å². The predicted molar refractivity (Wildman–Crippen MR) is 128 cm³/mol. The fraction of sp³-hybridized carbons (Fsp3) is 0.259. The summed E-state index contributed by atoms with van der Waals surface area (Å²) in [6.45, 7) is 1.23. The standard InChI is InChI=1S/C27H28N2O4/c1-28(26(31)21-9-13-25(33-2)14-10-21)23-15-17-29(18-16-23)27(32)22-5-3-19(4-6-22)20-7-11-24(30)12-8-20/h3-14,23,30H,15-18H2,1-2H3. The monoisotopic (exact) mass is 444 g/mol. The van der Waals surface area contributed by atoms with Gasteiger partial charge in [0, 0.05) is 37.3 Å². The van der Waals surface area contributed by atoms with Gasteiger partial charge in [0.15, 0.2) is 0 Å². The van der Waals surface area contributed by atoms with E-state index in [1.54, 1.807) is 48.4 Å². The van der Waals surface area contributed by atoms with Crippen LogP contribution < -0.4 is 4.74 Å². The highest BCUT2D eigenvalue weighted by Gasteiger charge is 2.28. The SMILES string of the molecule is COc1ccc(C(=O)N(C)C2CCN(C(=O)c3ccc(-c4ccc(O)cc4)cc3)CC2)cc1. The lowest BCUT2D eigenvalue weighted by molar-refractivity contribution is 0.0570. The average molecular weight is 445 g/mol. The van der Waals surface area contributed by atoms with Gasteiger partial charge in [-0.25, -0.2) is 0 Å². The van der Waals surface area contributed by atoms with Crippen molar-refractivity contribution in [1.82, 2.24) is 9.80 Å².